The van der Waals surface area contributed by atoms with Crippen molar-refractivity contribution >= 4 is 81.2 Å². The van der Waals surface area contributed by atoms with Gasteiger partial charge in [0.25, 0.3) is 11.8 Å². The molecule has 0 aliphatic heterocycles. The molecule has 0 aliphatic carbocycles. The van der Waals surface area contributed by atoms with Crippen LogP contribution < -0.4 is 16.0 Å². The van der Waals surface area contributed by atoms with Gasteiger partial charge < -0.3 is 25.4 Å². The Bertz CT molecular complexity index is 1420. The average Bonchev–Trinajstić information content (AvgIpc) is 3.34. The average molecular weight is 641 g/mol. The number of esters is 1. The molecule has 3 N–H and O–H groups in total. The molecule has 3 rings (SSSR count). The Hall–Kier alpha value is -3.15. The van der Waals surface area contributed by atoms with E-state index in [0.717, 1.165) is 11.3 Å². The Balaban J connectivity index is 1.85. The summed E-state index contributed by atoms with van der Waals surface area (Å²) in [5.74, 6) is -1.73. The number of hydrogen-bond acceptors (Lipinski definition) is 7. The molecule has 0 bridgehead atoms. The molecule has 0 atom stereocenters. The number of nitrogens with one attached hydrogen (secondary N) is 3. The van der Waals surface area contributed by atoms with E-state index in [1.54, 1.807) is 45.0 Å². The zero-order valence-corrected chi connectivity index (χ0v) is 25.5. The van der Waals surface area contributed by atoms with E-state index in [9.17, 15) is 19.2 Å². The first kappa shape index (κ1) is 32.4. The highest BCUT2D eigenvalue weighted by atomic mass is 35.5. The smallest absolute Gasteiger partial charge is 0.340 e. The maximum Gasteiger partial charge on any atom is 0.340 e. The summed E-state index contributed by atoms with van der Waals surface area (Å²) < 4.78 is 11.1. The molecule has 0 unspecified atom stereocenters. The van der Waals surface area contributed by atoms with Crippen LogP contribution in [0.2, 0.25) is 9.36 Å². The first-order chi connectivity index (χ1) is 19.4. The lowest BCUT2D eigenvalue weighted by Crippen LogP contribution is -2.27. The second kappa shape index (κ2) is 14.7. The molecule has 13 heteroatoms. The molecule has 0 saturated carbocycles. The van der Waals surface area contributed by atoms with Gasteiger partial charge in [0.1, 0.15) is 12.2 Å². The molecule has 2 aromatic carbocycles. The van der Waals surface area contributed by atoms with Gasteiger partial charge in [-0.05, 0) is 74.9 Å². The van der Waals surface area contributed by atoms with E-state index in [1.165, 1.54) is 24.3 Å². The van der Waals surface area contributed by atoms with Crippen molar-refractivity contribution in [2.75, 3.05) is 29.7 Å². The Labute approximate surface area is 256 Å². The Morgan fingerprint density at radius 1 is 0.927 bits per heavy atom. The van der Waals surface area contributed by atoms with Gasteiger partial charge in [-0.25, -0.2) is 4.79 Å². The minimum atomic E-state index is -0.817. The molecule has 0 aliphatic rings. The number of carbonyl (C=O) groups excluding carboxylic acids is 4. The van der Waals surface area contributed by atoms with Gasteiger partial charge in [0.2, 0.25) is 5.91 Å². The molecule has 0 fully saturated rings. The van der Waals surface area contributed by atoms with Crippen molar-refractivity contribution in [1.29, 1.82) is 0 Å². The fourth-order valence-electron chi connectivity index (χ4n) is 3.45. The van der Waals surface area contributed by atoms with Crippen molar-refractivity contribution in [2.45, 2.75) is 32.9 Å². The second-order valence-corrected chi connectivity index (χ2v) is 12.1. The number of amides is 3. The van der Waals surface area contributed by atoms with Crippen LogP contribution in [-0.2, 0) is 20.8 Å². The summed E-state index contributed by atoms with van der Waals surface area (Å²) in [5, 5.41) is 8.39. The summed E-state index contributed by atoms with van der Waals surface area (Å²) in [6.07, 6.45) is 0. The topological polar surface area (TPSA) is 123 Å². The van der Waals surface area contributed by atoms with Crippen molar-refractivity contribution in [1.82, 2.24) is 5.32 Å². The van der Waals surface area contributed by atoms with Crippen LogP contribution in [0.1, 0.15) is 56.7 Å². The fourth-order valence-corrected chi connectivity index (χ4v) is 4.76. The highest BCUT2D eigenvalue weighted by Gasteiger charge is 2.25. The van der Waals surface area contributed by atoms with Gasteiger partial charge in [-0.15, -0.1) is 22.9 Å². The highest BCUT2D eigenvalue weighted by molar-refractivity contribution is 7.18. The van der Waals surface area contributed by atoms with E-state index in [2.05, 4.69) is 16.0 Å². The summed E-state index contributed by atoms with van der Waals surface area (Å²) in [7, 11) is 0. The predicted octanol–water partition coefficient (Wildman–Crippen LogP) is 6.39. The third kappa shape index (κ3) is 10.0. The van der Waals surface area contributed by atoms with Crippen molar-refractivity contribution in [3.63, 3.8) is 0 Å². The molecule has 1 aromatic heterocycles. The van der Waals surface area contributed by atoms with Crippen LogP contribution in [0.3, 0.4) is 0 Å². The van der Waals surface area contributed by atoms with Crippen molar-refractivity contribution in [3.05, 3.63) is 79.5 Å². The predicted molar refractivity (Wildman–Crippen MR) is 162 cm³/mol. The molecule has 9 nitrogen and oxygen atoms in total. The number of alkyl halides is 1. The molecular weight excluding hydrogens is 613 g/mol. The van der Waals surface area contributed by atoms with E-state index in [4.69, 9.17) is 44.3 Å². The van der Waals surface area contributed by atoms with Gasteiger partial charge in [-0.1, -0.05) is 23.2 Å². The highest BCUT2D eigenvalue weighted by Crippen LogP contribution is 2.29. The maximum absolute atomic E-state index is 13.3. The number of rotatable bonds is 11. The molecule has 0 radical (unpaired) electrons. The molecular formula is C28H28Cl3N3O6S. The van der Waals surface area contributed by atoms with E-state index in [-0.39, 0.29) is 59.3 Å². The molecule has 1 heterocycles. The monoisotopic (exact) mass is 639 g/mol. The summed E-state index contributed by atoms with van der Waals surface area (Å²) >= 11 is 18.9. The summed E-state index contributed by atoms with van der Waals surface area (Å²) in [4.78, 5) is 51.4. The quantitative estimate of drug-likeness (QED) is 0.127. The van der Waals surface area contributed by atoms with Gasteiger partial charge in [0, 0.05) is 28.7 Å². The van der Waals surface area contributed by atoms with Gasteiger partial charge in [0.15, 0.2) is 0 Å². The SMILES string of the molecule is CC(C)(C)OC(=O)c1cc(Cl)cc(CNC(=O)c2ccc(Cl)s2)c1NC(=O)c1ccc(NC(=O)COCCCl)cc1. The minimum Gasteiger partial charge on any atom is -0.456 e. The van der Waals surface area contributed by atoms with E-state index >= 15 is 0 Å². The third-order valence-electron chi connectivity index (χ3n) is 5.16. The lowest BCUT2D eigenvalue weighted by Gasteiger charge is -2.22. The number of benzene rings is 2. The number of hydrogen-bond donors (Lipinski definition) is 3. The molecule has 0 saturated heterocycles. The Morgan fingerprint density at radius 2 is 1.63 bits per heavy atom. The van der Waals surface area contributed by atoms with Crippen LogP contribution in [0.4, 0.5) is 11.4 Å². The molecule has 3 aromatic rings. The summed E-state index contributed by atoms with van der Waals surface area (Å²) in [5.41, 5.74) is 0.414. The van der Waals surface area contributed by atoms with Crippen LogP contribution >= 0.6 is 46.1 Å². The van der Waals surface area contributed by atoms with E-state index in [1.807, 2.05) is 0 Å². The lowest BCUT2D eigenvalue weighted by molar-refractivity contribution is -0.120. The summed E-state index contributed by atoms with van der Waals surface area (Å²) in [6.45, 7) is 5.18. The van der Waals surface area contributed by atoms with Crippen molar-refractivity contribution in [2.24, 2.45) is 0 Å². The van der Waals surface area contributed by atoms with Gasteiger partial charge in [0.05, 0.1) is 27.1 Å². The minimum absolute atomic E-state index is 0.0185. The fraction of sp³-hybridized carbons (Fsp3) is 0.286. The lowest BCUT2D eigenvalue weighted by atomic mass is 10.0. The van der Waals surface area contributed by atoms with Crippen LogP contribution in [0.15, 0.2) is 48.5 Å². The third-order valence-corrected chi connectivity index (χ3v) is 6.77. The van der Waals surface area contributed by atoms with Crippen LogP contribution in [0.25, 0.3) is 0 Å². The van der Waals surface area contributed by atoms with Crippen LogP contribution in [0, 0.1) is 0 Å². The number of thiophene rings is 1. The van der Waals surface area contributed by atoms with E-state index < -0.39 is 17.5 Å². The maximum atomic E-state index is 13.3. The standard InChI is InChI=1S/C28H28Cl3N3O6S/c1-28(2,3)40-27(38)20-13-18(30)12-17(14-32-26(37)21-8-9-22(31)41-21)24(20)34-25(36)16-4-6-19(7-5-16)33-23(35)15-39-11-10-29/h4-9,12-13H,10-11,14-15H2,1-3H3,(H,32,37)(H,33,35)(H,34,36). The van der Waals surface area contributed by atoms with Crippen molar-refractivity contribution < 1.29 is 28.7 Å². The van der Waals surface area contributed by atoms with Crippen LogP contribution in [-0.4, -0.2) is 48.4 Å². The number of carbonyl (C=O) groups is 4. The summed E-state index contributed by atoms with van der Waals surface area (Å²) in [6, 6.07) is 12.3. The van der Waals surface area contributed by atoms with Gasteiger partial charge >= 0.3 is 5.97 Å². The van der Waals surface area contributed by atoms with Crippen LogP contribution in [0.5, 0.6) is 0 Å². The van der Waals surface area contributed by atoms with Gasteiger partial charge in [-0.2, -0.15) is 0 Å². The number of halogens is 3. The molecule has 41 heavy (non-hydrogen) atoms. The molecule has 218 valence electrons. The first-order valence-corrected chi connectivity index (χ1v) is 14.4. The second-order valence-electron chi connectivity index (χ2n) is 9.60. The number of anilines is 2. The first-order valence-electron chi connectivity index (χ1n) is 12.3. The van der Waals surface area contributed by atoms with E-state index in [0.29, 0.717) is 20.5 Å². The zero-order chi connectivity index (χ0) is 30.2. The molecule has 3 amide bonds. The molecule has 0 spiro atoms. The normalized spacial score (nSPS) is 11.1. The Kier molecular flexibility index (Phi) is 11.6. The van der Waals surface area contributed by atoms with Crippen molar-refractivity contribution in [3.8, 4) is 0 Å². The zero-order valence-electron chi connectivity index (χ0n) is 22.4. The number of ether oxygens (including phenoxy) is 2. The van der Waals surface area contributed by atoms with Gasteiger partial charge in [-0.3, -0.25) is 14.4 Å². The largest absolute Gasteiger partial charge is 0.456 e. The Morgan fingerprint density at radius 3 is 2.24 bits per heavy atom.